The quantitative estimate of drug-likeness (QED) is 0.632. The van der Waals surface area contributed by atoms with E-state index < -0.39 is 0 Å². The Morgan fingerprint density at radius 2 is 1.91 bits per heavy atom. The molecule has 3 rings (SSSR count). The lowest BCUT2D eigenvalue weighted by Gasteiger charge is -2.35. The first-order valence-electron chi connectivity index (χ1n) is 7.19. The zero-order valence-electron chi connectivity index (χ0n) is 12.1. The lowest BCUT2D eigenvalue weighted by atomic mass is 10.1. The van der Waals surface area contributed by atoms with Crippen LogP contribution in [0.15, 0.2) is 42.9 Å². The summed E-state index contributed by atoms with van der Waals surface area (Å²) in [4.78, 5) is 23.6. The number of para-hydroxylation sites is 1. The van der Waals surface area contributed by atoms with Gasteiger partial charge in [0, 0.05) is 56.7 Å². The average Bonchev–Trinajstić information content (AvgIpc) is 2.57. The molecule has 1 saturated heterocycles. The van der Waals surface area contributed by atoms with Crippen LogP contribution in [0, 0.1) is 10.1 Å². The van der Waals surface area contributed by atoms with Crippen molar-refractivity contribution in [2.45, 2.75) is 6.54 Å². The van der Waals surface area contributed by atoms with Gasteiger partial charge in [0.1, 0.15) is 5.82 Å². The van der Waals surface area contributed by atoms with E-state index in [0.717, 1.165) is 37.6 Å². The molecule has 1 fully saturated rings. The molecule has 0 N–H and O–H groups in total. The molecule has 2 aromatic rings. The highest BCUT2D eigenvalue weighted by atomic mass is 16.6. The Morgan fingerprint density at radius 3 is 2.59 bits per heavy atom. The first kappa shape index (κ1) is 14.4. The van der Waals surface area contributed by atoms with Gasteiger partial charge in [-0.2, -0.15) is 0 Å². The number of piperazine rings is 1. The summed E-state index contributed by atoms with van der Waals surface area (Å²) in [6, 6.07) is 6.93. The van der Waals surface area contributed by atoms with Crippen molar-refractivity contribution in [1.29, 1.82) is 0 Å². The molecule has 22 heavy (non-hydrogen) atoms. The van der Waals surface area contributed by atoms with Crippen molar-refractivity contribution in [1.82, 2.24) is 14.9 Å². The molecule has 0 saturated carbocycles. The molecule has 1 aromatic heterocycles. The second-order valence-corrected chi connectivity index (χ2v) is 5.21. The molecule has 0 spiro atoms. The Bertz CT molecular complexity index is 641. The van der Waals surface area contributed by atoms with E-state index in [-0.39, 0.29) is 10.6 Å². The molecule has 0 aliphatic carbocycles. The minimum Gasteiger partial charge on any atom is -0.353 e. The fraction of sp³-hybridized carbons (Fsp3) is 0.333. The van der Waals surface area contributed by atoms with Gasteiger partial charge in [0.15, 0.2) is 0 Å². The molecule has 0 bridgehead atoms. The van der Waals surface area contributed by atoms with Crippen LogP contribution in [-0.2, 0) is 6.54 Å². The van der Waals surface area contributed by atoms with Crippen molar-refractivity contribution in [2.24, 2.45) is 0 Å². The van der Waals surface area contributed by atoms with E-state index in [2.05, 4.69) is 19.8 Å². The van der Waals surface area contributed by atoms with Crippen molar-refractivity contribution >= 4 is 11.5 Å². The summed E-state index contributed by atoms with van der Waals surface area (Å²) in [7, 11) is 0. The maximum atomic E-state index is 11.1. The van der Waals surface area contributed by atoms with Gasteiger partial charge in [-0.05, 0) is 0 Å². The van der Waals surface area contributed by atoms with Gasteiger partial charge >= 0.3 is 0 Å². The van der Waals surface area contributed by atoms with E-state index in [9.17, 15) is 10.1 Å². The SMILES string of the molecule is O=[N+]([O-])c1ccccc1CN1CCN(c2cnccn2)CC1. The smallest absolute Gasteiger partial charge is 0.273 e. The zero-order chi connectivity index (χ0) is 15.4. The molecule has 114 valence electrons. The summed E-state index contributed by atoms with van der Waals surface area (Å²) < 4.78 is 0. The third-order valence-electron chi connectivity index (χ3n) is 3.83. The van der Waals surface area contributed by atoms with Gasteiger partial charge in [-0.3, -0.25) is 20.0 Å². The number of anilines is 1. The van der Waals surface area contributed by atoms with E-state index in [1.807, 2.05) is 12.1 Å². The molecule has 0 unspecified atom stereocenters. The number of aromatic nitrogens is 2. The van der Waals surface area contributed by atoms with Crippen LogP contribution in [0.4, 0.5) is 11.5 Å². The molecule has 1 aliphatic rings. The molecular formula is C15H17N5O2. The second kappa shape index (κ2) is 6.48. The van der Waals surface area contributed by atoms with Crippen LogP contribution in [0.25, 0.3) is 0 Å². The van der Waals surface area contributed by atoms with E-state index in [0.29, 0.717) is 6.54 Å². The lowest BCUT2D eigenvalue weighted by Crippen LogP contribution is -2.46. The molecule has 1 aliphatic heterocycles. The maximum Gasteiger partial charge on any atom is 0.273 e. The van der Waals surface area contributed by atoms with Gasteiger partial charge in [-0.15, -0.1) is 0 Å². The van der Waals surface area contributed by atoms with E-state index in [1.165, 1.54) is 0 Å². The number of benzene rings is 1. The summed E-state index contributed by atoms with van der Waals surface area (Å²) in [5.41, 5.74) is 0.958. The molecule has 0 radical (unpaired) electrons. The topological polar surface area (TPSA) is 75.4 Å². The van der Waals surface area contributed by atoms with E-state index >= 15 is 0 Å². The van der Waals surface area contributed by atoms with Crippen LogP contribution in [0.3, 0.4) is 0 Å². The normalized spacial score (nSPS) is 15.7. The number of nitrogens with zero attached hydrogens (tertiary/aromatic N) is 5. The first-order chi connectivity index (χ1) is 10.7. The highest BCUT2D eigenvalue weighted by Gasteiger charge is 2.21. The van der Waals surface area contributed by atoms with Gasteiger partial charge in [0.25, 0.3) is 5.69 Å². The minimum atomic E-state index is -0.314. The lowest BCUT2D eigenvalue weighted by molar-refractivity contribution is -0.385. The number of nitro benzene ring substituents is 1. The first-order valence-corrected chi connectivity index (χ1v) is 7.19. The van der Waals surface area contributed by atoms with Gasteiger partial charge in [-0.25, -0.2) is 4.98 Å². The second-order valence-electron chi connectivity index (χ2n) is 5.21. The molecule has 7 heteroatoms. The molecule has 0 amide bonds. The predicted molar refractivity (Wildman–Crippen MR) is 82.6 cm³/mol. The number of hydrogen-bond donors (Lipinski definition) is 0. The van der Waals surface area contributed by atoms with Gasteiger partial charge < -0.3 is 4.90 Å². The zero-order valence-corrected chi connectivity index (χ0v) is 12.1. The van der Waals surface area contributed by atoms with Crippen molar-refractivity contribution in [3.8, 4) is 0 Å². The van der Waals surface area contributed by atoms with Crippen molar-refractivity contribution in [2.75, 3.05) is 31.1 Å². The molecule has 7 nitrogen and oxygen atoms in total. The van der Waals surface area contributed by atoms with Gasteiger partial charge in [-0.1, -0.05) is 18.2 Å². The monoisotopic (exact) mass is 299 g/mol. The summed E-state index contributed by atoms with van der Waals surface area (Å²) in [5.74, 6) is 0.882. The van der Waals surface area contributed by atoms with Crippen molar-refractivity contribution in [3.05, 3.63) is 58.5 Å². The Hall–Kier alpha value is -2.54. The summed E-state index contributed by atoms with van der Waals surface area (Å²) in [6.07, 6.45) is 5.11. The fourth-order valence-corrected chi connectivity index (χ4v) is 2.65. The standard InChI is InChI=1S/C15H17N5O2/c21-20(22)14-4-2-1-3-13(14)12-18-7-9-19(10-8-18)15-11-16-5-6-17-15/h1-6,11H,7-10,12H2. The van der Waals surface area contributed by atoms with Crippen LogP contribution in [0.5, 0.6) is 0 Å². The van der Waals surface area contributed by atoms with Crippen molar-refractivity contribution in [3.63, 3.8) is 0 Å². The van der Waals surface area contributed by atoms with Crippen LogP contribution in [-0.4, -0.2) is 46.0 Å². The molecule has 1 aromatic carbocycles. The van der Waals surface area contributed by atoms with Gasteiger partial charge in [0.05, 0.1) is 11.1 Å². The fourth-order valence-electron chi connectivity index (χ4n) is 2.65. The molecule has 2 heterocycles. The third-order valence-corrected chi connectivity index (χ3v) is 3.83. The average molecular weight is 299 g/mol. The Labute approximate surface area is 128 Å². The molecule has 0 atom stereocenters. The highest BCUT2D eigenvalue weighted by molar-refractivity contribution is 5.40. The number of rotatable bonds is 4. The van der Waals surface area contributed by atoms with Crippen molar-refractivity contribution < 1.29 is 4.92 Å². The number of hydrogen-bond acceptors (Lipinski definition) is 6. The summed E-state index contributed by atoms with van der Waals surface area (Å²) in [5, 5.41) is 11.1. The largest absolute Gasteiger partial charge is 0.353 e. The van der Waals surface area contributed by atoms with Crippen LogP contribution in [0.2, 0.25) is 0 Å². The van der Waals surface area contributed by atoms with Crippen LogP contribution in [0.1, 0.15) is 5.56 Å². The Morgan fingerprint density at radius 1 is 1.14 bits per heavy atom. The maximum absolute atomic E-state index is 11.1. The van der Waals surface area contributed by atoms with Crippen LogP contribution < -0.4 is 4.90 Å². The summed E-state index contributed by atoms with van der Waals surface area (Å²) in [6.45, 7) is 4.00. The summed E-state index contributed by atoms with van der Waals surface area (Å²) >= 11 is 0. The number of nitro groups is 1. The third kappa shape index (κ3) is 3.20. The van der Waals surface area contributed by atoms with Gasteiger partial charge in [0.2, 0.25) is 0 Å². The van der Waals surface area contributed by atoms with Crippen LogP contribution >= 0.6 is 0 Å². The minimum absolute atomic E-state index is 0.193. The predicted octanol–water partition coefficient (Wildman–Crippen LogP) is 1.71. The Balaban J connectivity index is 1.62. The van der Waals surface area contributed by atoms with E-state index in [1.54, 1.807) is 30.7 Å². The Kier molecular flexibility index (Phi) is 4.24. The molecular weight excluding hydrogens is 282 g/mol. The van der Waals surface area contributed by atoms with E-state index in [4.69, 9.17) is 0 Å². The highest BCUT2D eigenvalue weighted by Crippen LogP contribution is 2.20.